The lowest BCUT2D eigenvalue weighted by Gasteiger charge is -2.30. The van der Waals surface area contributed by atoms with Crippen LogP contribution in [0.15, 0.2) is 9.85 Å². The van der Waals surface area contributed by atoms with Gasteiger partial charge in [-0.2, -0.15) is 0 Å². The topological polar surface area (TPSA) is 46.1 Å². The number of hydrogen-bond acceptors (Lipinski definition) is 5. The van der Waals surface area contributed by atoms with E-state index in [1.807, 2.05) is 32.6 Å². The Labute approximate surface area is 104 Å². The Balaban J connectivity index is 2.50. The van der Waals surface area contributed by atoms with Crippen LogP contribution >= 0.6 is 23.1 Å². The van der Waals surface area contributed by atoms with Crippen LogP contribution < -0.4 is 0 Å². The van der Waals surface area contributed by atoms with Gasteiger partial charge in [0.05, 0.1) is 5.75 Å². The van der Waals surface area contributed by atoms with Crippen LogP contribution in [-0.4, -0.2) is 38.8 Å². The molecule has 4 nitrogen and oxygen atoms in total. The first-order chi connectivity index (χ1) is 7.52. The normalized spacial score (nSPS) is 11.1. The maximum atomic E-state index is 12.0. The lowest BCUT2D eigenvalue weighted by molar-refractivity contribution is -0.131. The summed E-state index contributed by atoms with van der Waals surface area (Å²) in [6, 6.07) is 0.477. The third kappa shape index (κ3) is 3.75. The Kier molecular flexibility index (Phi) is 5.21. The van der Waals surface area contributed by atoms with Gasteiger partial charge in [0.25, 0.3) is 0 Å². The van der Waals surface area contributed by atoms with Crippen molar-refractivity contribution in [1.29, 1.82) is 0 Å². The van der Waals surface area contributed by atoms with Gasteiger partial charge < -0.3 is 4.90 Å². The minimum Gasteiger partial charge on any atom is -0.337 e. The summed E-state index contributed by atoms with van der Waals surface area (Å²) in [4.78, 5) is 13.9. The Bertz CT molecular complexity index is 317. The molecule has 1 amide bonds. The van der Waals surface area contributed by atoms with E-state index in [0.29, 0.717) is 5.75 Å². The van der Waals surface area contributed by atoms with Crippen molar-refractivity contribution in [2.24, 2.45) is 0 Å². The van der Waals surface area contributed by atoms with Crippen molar-refractivity contribution < 1.29 is 4.79 Å². The summed E-state index contributed by atoms with van der Waals surface area (Å²) in [6.45, 7) is 8.14. The molecule has 1 aromatic heterocycles. The molecule has 90 valence electrons. The highest BCUT2D eigenvalue weighted by atomic mass is 32.2. The fourth-order valence-electron chi connectivity index (χ4n) is 1.60. The van der Waals surface area contributed by atoms with Gasteiger partial charge in [-0.15, -0.1) is 10.2 Å². The molecule has 0 atom stereocenters. The summed E-state index contributed by atoms with van der Waals surface area (Å²) in [5, 5.41) is 7.64. The zero-order valence-corrected chi connectivity index (χ0v) is 11.6. The lowest BCUT2D eigenvalue weighted by Crippen LogP contribution is -2.43. The lowest BCUT2D eigenvalue weighted by atomic mass is 10.2. The minimum atomic E-state index is 0.158. The number of carbonyl (C=O) groups is 1. The van der Waals surface area contributed by atoms with Gasteiger partial charge in [-0.25, -0.2) is 0 Å². The van der Waals surface area contributed by atoms with E-state index in [2.05, 4.69) is 10.2 Å². The van der Waals surface area contributed by atoms with E-state index in [9.17, 15) is 4.79 Å². The first-order valence-corrected chi connectivity index (χ1v) is 7.09. The quantitative estimate of drug-likeness (QED) is 0.761. The second-order valence-corrected chi connectivity index (χ2v) is 6.04. The van der Waals surface area contributed by atoms with Gasteiger partial charge in [-0.05, 0) is 27.7 Å². The molecule has 0 saturated carbocycles. The monoisotopic (exact) mass is 259 g/mol. The highest BCUT2D eigenvalue weighted by molar-refractivity contribution is 8.01. The van der Waals surface area contributed by atoms with Crippen LogP contribution in [0.25, 0.3) is 0 Å². The summed E-state index contributed by atoms with van der Waals surface area (Å²) in [5.41, 5.74) is 1.68. The zero-order chi connectivity index (χ0) is 12.1. The van der Waals surface area contributed by atoms with E-state index in [1.165, 1.54) is 23.1 Å². The molecule has 0 N–H and O–H groups in total. The van der Waals surface area contributed by atoms with Gasteiger partial charge >= 0.3 is 0 Å². The minimum absolute atomic E-state index is 0.158. The molecule has 0 spiro atoms. The molecule has 1 rings (SSSR count). The predicted octanol–water partition coefficient (Wildman–Crippen LogP) is 2.28. The molecule has 0 aliphatic heterocycles. The van der Waals surface area contributed by atoms with Crippen LogP contribution in [0.5, 0.6) is 0 Å². The van der Waals surface area contributed by atoms with E-state index in [4.69, 9.17) is 0 Å². The van der Waals surface area contributed by atoms with E-state index < -0.39 is 0 Å². The molecular formula is C10H17N3OS2. The third-order valence-electron chi connectivity index (χ3n) is 2.06. The molecule has 0 saturated heterocycles. The second kappa shape index (κ2) is 6.20. The molecule has 1 aromatic rings. The maximum Gasteiger partial charge on any atom is 0.233 e. The van der Waals surface area contributed by atoms with Crippen molar-refractivity contribution in [3.63, 3.8) is 0 Å². The second-order valence-electron chi connectivity index (χ2n) is 3.98. The van der Waals surface area contributed by atoms with Crippen molar-refractivity contribution in [2.45, 2.75) is 44.1 Å². The van der Waals surface area contributed by atoms with Crippen LogP contribution in [-0.2, 0) is 4.79 Å². The fraction of sp³-hybridized carbons (Fsp3) is 0.700. The van der Waals surface area contributed by atoms with Crippen molar-refractivity contribution in [3.8, 4) is 0 Å². The number of carbonyl (C=O) groups excluding carboxylic acids is 1. The Morgan fingerprint density at radius 3 is 2.50 bits per heavy atom. The molecule has 0 radical (unpaired) electrons. The number of nitrogens with zero attached hydrogens (tertiary/aromatic N) is 3. The highest BCUT2D eigenvalue weighted by Crippen LogP contribution is 2.20. The first-order valence-electron chi connectivity index (χ1n) is 5.22. The SMILES string of the molecule is CC(C)N(C(=O)CSc1nncs1)C(C)C. The molecule has 6 heteroatoms. The Morgan fingerprint density at radius 1 is 1.44 bits per heavy atom. The van der Waals surface area contributed by atoms with Gasteiger partial charge in [-0.3, -0.25) is 4.79 Å². The zero-order valence-electron chi connectivity index (χ0n) is 10.0. The largest absolute Gasteiger partial charge is 0.337 e. The molecular weight excluding hydrogens is 242 g/mol. The van der Waals surface area contributed by atoms with Crippen LogP contribution in [0.4, 0.5) is 0 Å². The van der Waals surface area contributed by atoms with Crippen LogP contribution in [0.3, 0.4) is 0 Å². The van der Waals surface area contributed by atoms with Crippen molar-refractivity contribution >= 4 is 29.0 Å². The molecule has 0 aliphatic rings. The number of thioether (sulfide) groups is 1. The summed E-state index contributed by atoms with van der Waals surface area (Å²) in [5.74, 6) is 0.594. The average molecular weight is 259 g/mol. The maximum absolute atomic E-state index is 12.0. The molecule has 0 aromatic carbocycles. The van der Waals surface area contributed by atoms with Gasteiger partial charge in [-0.1, -0.05) is 23.1 Å². The third-order valence-corrected chi connectivity index (χ3v) is 3.90. The molecule has 0 fully saturated rings. The standard InChI is InChI=1S/C10H17N3OS2/c1-7(2)13(8(3)4)9(14)5-15-10-12-11-6-16-10/h6-8H,5H2,1-4H3. The Hall–Kier alpha value is -0.620. The molecule has 0 unspecified atom stereocenters. The summed E-state index contributed by atoms with van der Waals surface area (Å²) < 4.78 is 0.848. The fourth-order valence-corrected chi connectivity index (χ4v) is 2.95. The van der Waals surface area contributed by atoms with Crippen LogP contribution in [0.2, 0.25) is 0 Å². The Morgan fingerprint density at radius 2 is 2.06 bits per heavy atom. The highest BCUT2D eigenvalue weighted by Gasteiger charge is 2.20. The summed E-state index contributed by atoms with van der Waals surface area (Å²) in [6.07, 6.45) is 0. The summed E-state index contributed by atoms with van der Waals surface area (Å²) in [7, 11) is 0. The van der Waals surface area contributed by atoms with Gasteiger partial charge in [0.1, 0.15) is 5.51 Å². The number of amides is 1. The van der Waals surface area contributed by atoms with E-state index in [1.54, 1.807) is 5.51 Å². The molecule has 16 heavy (non-hydrogen) atoms. The number of aromatic nitrogens is 2. The average Bonchev–Trinajstić information content (AvgIpc) is 2.65. The first kappa shape index (κ1) is 13.4. The molecule has 0 bridgehead atoms. The van der Waals surface area contributed by atoms with Gasteiger partial charge in [0.2, 0.25) is 5.91 Å². The smallest absolute Gasteiger partial charge is 0.233 e. The number of rotatable bonds is 5. The summed E-state index contributed by atoms with van der Waals surface area (Å²) >= 11 is 2.92. The van der Waals surface area contributed by atoms with E-state index in [0.717, 1.165) is 4.34 Å². The molecule has 1 heterocycles. The van der Waals surface area contributed by atoms with Crippen molar-refractivity contribution in [2.75, 3.05) is 5.75 Å². The van der Waals surface area contributed by atoms with Crippen molar-refractivity contribution in [3.05, 3.63) is 5.51 Å². The van der Waals surface area contributed by atoms with E-state index in [-0.39, 0.29) is 18.0 Å². The van der Waals surface area contributed by atoms with Crippen LogP contribution in [0.1, 0.15) is 27.7 Å². The van der Waals surface area contributed by atoms with Gasteiger partial charge in [0.15, 0.2) is 4.34 Å². The molecule has 0 aliphatic carbocycles. The van der Waals surface area contributed by atoms with Crippen LogP contribution in [0, 0.1) is 0 Å². The van der Waals surface area contributed by atoms with Crippen molar-refractivity contribution in [1.82, 2.24) is 15.1 Å². The van der Waals surface area contributed by atoms with Gasteiger partial charge in [0, 0.05) is 12.1 Å². The number of hydrogen-bond donors (Lipinski definition) is 0. The predicted molar refractivity (Wildman–Crippen MR) is 67.8 cm³/mol. The van der Waals surface area contributed by atoms with E-state index >= 15 is 0 Å².